The van der Waals surface area contributed by atoms with Crippen LogP contribution in [0.2, 0.25) is 5.02 Å². The summed E-state index contributed by atoms with van der Waals surface area (Å²) >= 11 is 6.05. The van der Waals surface area contributed by atoms with E-state index in [-0.39, 0.29) is 11.3 Å². The van der Waals surface area contributed by atoms with E-state index >= 15 is 0 Å². The number of halogens is 4. The SMILES string of the molecule is Cc1c(C(N)=O)c(-c2cccc(OC(F)(F)F)c2)c(C)n1Cc1cccc(Cl)c1. The Labute approximate surface area is 170 Å². The van der Waals surface area contributed by atoms with Crippen molar-refractivity contribution < 1.29 is 22.7 Å². The van der Waals surface area contributed by atoms with E-state index in [1.807, 2.05) is 22.8 Å². The summed E-state index contributed by atoms with van der Waals surface area (Å²) in [6.45, 7) is 3.96. The van der Waals surface area contributed by atoms with Gasteiger partial charge in [-0.3, -0.25) is 4.79 Å². The van der Waals surface area contributed by atoms with Crippen molar-refractivity contribution in [3.63, 3.8) is 0 Å². The van der Waals surface area contributed by atoms with E-state index in [2.05, 4.69) is 4.74 Å². The van der Waals surface area contributed by atoms with Crippen LogP contribution >= 0.6 is 11.6 Å². The fourth-order valence-corrected chi connectivity index (χ4v) is 3.65. The topological polar surface area (TPSA) is 57.3 Å². The molecule has 8 heteroatoms. The number of alkyl halides is 3. The minimum absolute atomic E-state index is 0.258. The van der Waals surface area contributed by atoms with Crippen LogP contribution in [0.3, 0.4) is 0 Å². The molecule has 1 amide bonds. The van der Waals surface area contributed by atoms with E-state index in [1.165, 1.54) is 18.2 Å². The molecule has 1 aromatic heterocycles. The molecule has 0 saturated heterocycles. The van der Waals surface area contributed by atoms with Crippen molar-refractivity contribution in [1.82, 2.24) is 4.57 Å². The highest BCUT2D eigenvalue weighted by Gasteiger charge is 2.31. The van der Waals surface area contributed by atoms with Gasteiger partial charge in [-0.2, -0.15) is 0 Å². The van der Waals surface area contributed by atoms with Gasteiger partial charge in [0.1, 0.15) is 5.75 Å². The molecule has 0 radical (unpaired) electrons. The van der Waals surface area contributed by atoms with Crippen molar-refractivity contribution in [3.05, 3.63) is 76.1 Å². The molecule has 3 rings (SSSR count). The molecular formula is C21H18ClF3N2O2. The van der Waals surface area contributed by atoms with Gasteiger partial charge in [0.25, 0.3) is 5.91 Å². The number of nitrogens with zero attached hydrogens (tertiary/aromatic N) is 1. The molecule has 0 spiro atoms. The van der Waals surface area contributed by atoms with Crippen LogP contribution in [0.5, 0.6) is 5.75 Å². The summed E-state index contributed by atoms with van der Waals surface area (Å²) in [6.07, 6.45) is -4.81. The van der Waals surface area contributed by atoms with Crippen LogP contribution in [0, 0.1) is 13.8 Å². The molecule has 0 atom stereocenters. The van der Waals surface area contributed by atoms with E-state index < -0.39 is 12.3 Å². The molecule has 2 aromatic carbocycles. The molecule has 0 aliphatic carbocycles. The summed E-state index contributed by atoms with van der Waals surface area (Å²) in [5, 5.41) is 0.581. The minimum Gasteiger partial charge on any atom is -0.406 e. The van der Waals surface area contributed by atoms with Crippen LogP contribution in [-0.4, -0.2) is 16.8 Å². The molecule has 0 saturated carbocycles. The van der Waals surface area contributed by atoms with Crippen molar-refractivity contribution in [1.29, 1.82) is 0 Å². The maximum Gasteiger partial charge on any atom is 0.573 e. The summed E-state index contributed by atoms with van der Waals surface area (Å²) < 4.78 is 43.7. The van der Waals surface area contributed by atoms with Crippen molar-refractivity contribution in [2.45, 2.75) is 26.8 Å². The van der Waals surface area contributed by atoms with E-state index in [0.29, 0.717) is 34.1 Å². The second-order valence-corrected chi connectivity index (χ2v) is 7.01. The van der Waals surface area contributed by atoms with Crippen LogP contribution in [0.15, 0.2) is 48.5 Å². The lowest BCUT2D eigenvalue weighted by Gasteiger charge is -2.12. The van der Waals surface area contributed by atoms with Crippen molar-refractivity contribution in [3.8, 4) is 16.9 Å². The van der Waals surface area contributed by atoms with Crippen molar-refractivity contribution in [2.24, 2.45) is 5.73 Å². The van der Waals surface area contributed by atoms with Crippen LogP contribution < -0.4 is 10.5 Å². The number of aromatic nitrogens is 1. The van der Waals surface area contributed by atoms with Gasteiger partial charge in [-0.15, -0.1) is 13.2 Å². The van der Waals surface area contributed by atoms with E-state index in [9.17, 15) is 18.0 Å². The van der Waals surface area contributed by atoms with Crippen molar-refractivity contribution in [2.75, 3.05) is 0 Å². The lowest BCUT2D eigenvalue weighted by molar-refractivity contribution is -0.274. The molecule has 0 bridgehead atoms. The number of nitrogens with two attached hydrogens (primary N) is 1. The second kappa shape index (κ2) is 7.83. The first-order chi connectivity index (χ1) is 13.6. The third kappa shape index (κ3) is 4.56. The van der Waals surface area contributed by atoms with Gasteiger partial charge >= 0.3 is 6.36 Å². The molecule has 1 heterocycles. The third-order valence-corrected chi connectivity index (χ3v) is 4.85. The zero-order valence-corrected chi connectivity index (χ0v) is 16.4. The number of carbonyl (C=O) groups excluding carboxylic acids is 1. The van der Waals surface area contributed by atoms with Gasteiger partial charge < -0.3 is 15.0 Å². The van der Waals surface area contributed by atoms with Gasteiger partial charge in [0, 0.05) is 28.5 Å². The van der Waals surface area contributed by atoms with Gasteiger partial charge in [-0.25, -0.2) is 0 Å². The Morgan fingerprint density at radius 2 is 1.79 bits per heavy atom. The van der Waals surface area contributed by atoms with Gasteiger partial charge in [0.15, 0.2) is 0 Å². The Kier molecular flexibility index (Phi) is 5.61. The zero-order valence-electron chi connectivity index (χ0n) is 15.7. The smallest absolute Gasteiger partial charge is 0.406 e. The maximum absolute atomic E-state index is 12.6. The quantitative estimate of drug-likeness (QED) is 0.592. The fraction of sp³-hybridized carbons (Fsp3) is 0.190. The van der Waals surface area contributed by atoms with E-state index in [0.717, 1.165) is 5.56 Å². The normalized spacial score (nSPS) is 11.5. The average molecular weight is 423 g/mol. The Balaban J connectivity index is 2.12. The summed E-state index contributed by atoms with van der Waals surface area (Å²) in [5.74, 6) is -1.03. The Morgan fingerprint density at radius 1 is 1.10 bits per heavy atom. The molecule has 0 aliphatic rings. The molecule has 4 nitrogen and oxygen atoms in total. The number of ether oxygens (including phenoxy) is 1. The lowest BCUT2D eigenvalue weighted by Crippen LogP contribution is -2.17. The lowest BCUT2D eigenvalue weighted by atomic mass is 10.00. The highest BCUT2D eigenvalue weighted by atomic mass is 35.5. The zero-order chi connectivity index (χ0) is 21.3. The minimum atomic E-state index is -4.81. The number of hydrogen-bond acceptors (Lipinski definition) is 2. The number of amides is 1. The predicted octanol–water partition coefficient (Wildman–Crippen LogP) is 5.47. The van der Waals surface area contributed by atoms with Gasteiger partial charge in [0.05, 0.1) is 5.56 Å². The van der Waals surface area contributed by atoms with Crippen LogP contribution in [0.25, 0.3) is 11.1 Å². The van der Waals surface area contributed by atoms with E-state index in [1.54, 1.807) is 26.0 Å². The molecule has 29 heavy (non-hydrogen) atoms. The molecule has 0 aliphatic heterocycles. The second-order valence-electron chi connectivity index (χ2n) is 6.58. The van der Waals surface area contributed by atoms with Gasteiger partial charge in [-0.1, -0.05) is 35.9 Å². The Morgan fingerprint density at radius 3 is 2.41 bits per heavy atom. The molecular weight excluding hydrogens is 405 g/mol. The third-order valence-electron chi connectivity index (χ3n) is 4.62. The maximum atomic E-state index is 12.6. The molecule has 2 N–H and O–H groups in total. The highest BCUT2D eigenvalue weighted by molar-refractivity contribution is 6.30. The monoisotopic (exact) mass is 422 g/mol. The van der Waals surface area contributed by atoms with Gasteiger partial charge in [-0.05, 0) is 49.2 Å². The predicted molar refractivity (Wildman–Crippen MR) is 105 cm³/mol. The van der Waals surface area contributed by atoms with Crippen molar-refractivity contribution >= 4 is 17.5 Å². The number of primary amides is 1. The standard InChI is InChI=1S/C21H18ClF3N2O2/c1-12-18(15-6-4-8-17(10-15)29-21(23,24)25)19(20(26)28)13(2)27(12)11-14-5-3-7-16(22)9-14/h3-10H,11H2,1-2H3,(H2,26,28). The molecule has 3 aromatic rings. The van der Waals surface area contributed by atoms with Crippen LogP contribution in [0.1, 0.15) is 27.3 Å². The largest absolute Gasteiger partial charge is 0.573 e. The summed E-state index contributed by atoms with van der Waals surface area (Å²) in [4.78, 5) is 12.2. The number of benzene rings is 2. The fourth-order valence-electron chi connectivity index (χ4n) is 3.44. The van der Waals surface area contributed by atoms with Gasteiger partial charge in [0.2, 0.25) is 0 Å². The first-order valence-corrected chi connectivity index (χ1v) is 9.04. The summed E-state index contributed by atoms with van der Waals surface area (Å²) in [7, 11) is 0. The van der Waals surface area contributed by atoms with E-state index in [4.69, 9.17) is 17.3 Å². The first kappa shape index (κ1) is 20.8. The number of hydrogen-bond donors (Lipinski definition) is 1. The first-order valence-electron chi connectivity index (χ1n) is 8.67. The van der Waals surface area contributed by atoms with Crippen LogP contribution in [0.4, 0.5) is 13.2 Å². The molecule has 0 unspecified atom stereocenters. The average Bonchev–Trinajstić information content (AvgIpc) is 2.85. The molecule has 152 valence electrons. The summed E-state index contributed by atoms with van der Waals surface area (Å²) in [6, 6.07) is 12.8. The number of carbonyl (C=O) groups is 1. The summed E-state index contributed by atoms with van der Waals surface area (Å²) in [5.41, 5.74) is 8.98. The molecule has 0 fully saturated rings. The Bertz CT molecular complexity index is 1070. The van der Waals surface area contributed by atoms with Crippen LogP contribution in [-0.2, 0) is 6.54 Å². The Hall–Kier alpha value is -2.93. The highest BCUT2D eigenvalue weighted by Crippen LogP contribution is 2.35. The number of rotatable bonds is 5.